The van der Waals surface area contributed by atoms with E-state index >= 15 is 0 Å². The summed E-state index contributed by atoms with van der Waals surface area (Å²) >= 11 is 1.82. The highest BCUT2D eigenvalue weighted by atomic mass is 32.2. The van der Waals surface area contributed by atoms with Crippen molar-refractivity contribution in [3.05, 3.63) is 39.7 Å². The zero-order valence-electron chi connectivity index (χ0n) is 11.9. The molecule has 0 aliphatic carbocycles. The van der Waals surface area contributed by atoms with E-state index in [9.17, 15) is 19.3 Å². The predicted octanol–water partition coefficient (Wildman–Crippen LogP) is 3.39. The molecule has 116 valence electrons. The number of carbonyl (C=O) groups excluding carboxylic acids is 1. The highest BCUT2D eigenvalue weighted by molar-refractivity contribution is 7.98. The van der Waals surface area contributed by atoms with Crippen LogP contribution in [0.25, 0.3) is 0 Å². The van der Waals surface area contributed by atoms with E-state index < -0.39 is 22.3 Å². The minimum absolute atomic E-state index is 0.0977. The zero-order valence-corrected chi connectivity index (χ0v) is 12.7. The Kier molecular flexibility index (Phi) is 7.74. The standard InChI is InChI=1S/C14H19FN2O3S/c1-21-9-5-3-2-4-8-16-14(18)11-6-7-13(17(19)20)12(15)10-11/h6-7,10H,2-5,8-9H2,1H3,(H,16,18). The van der Waals surface area contributed by atoms with Gasteiger partial charge in [-0.1, -0.05) is 12.8 Å². The topological polar surface area (TPSA) is 72.2 Å². The summed E-state index contributed by atoms with van der Waals surface area (Å²) < 4.78 is 13.4. The number of amides is 1. The number of carbonyl (C=O) groups is 1. The normalized spacial score (nSPS) is 10.4. The van der Waals surface area contributed by atoms with Gasteiger partial charge in [0.05, 0.1) is 4.92 Å². The van der Waals surface area contributed by atoms with Gasteiger partial charge in [-0.15, -0.1) is 0 Å². The van der Waals surface area contributed by atoms with Crippen LogP contribution in [0.15, 0.2) is 18.2 Å². The summed E-state index contributed by atoms with van der Waals surface area (Å²) in [6, 6.07) is 3.16. The number of hydrogen-bond acceptors (Lipinski definition) is 4. The van der Waals surface area contributed by atoms with Crippen molar-refractivity contribution in [2.75, 3.05) is 18.6 Å². The van der Waals surface area contributed by atoms with Crippen molar-refractivity contribution < 1.29 is 14.1 Å². The number of halogens is 1. The molecule has 5 nitrogen and oxygen atoms in total. The molecule has 0 aliphatic rings. The molecule has 0 aromatic heterocycles. The van der Waals surface area contributed by atoms with Crippen molar-refractivity contribution in [2.24, 2.45) is 0 Å². The van der Waals surface area contributed by atoms with Crippen LogP contribution < -0.4 is 5.32 Å². The first-order valence-corrected chi connectivity index (χ1v) is 8.16. The summed E-state index contributed by atoms with van der Waals surface area (Å²) in [5, 5.41) is 13.2. The van der Waals surface area contributed by atoms with Crippen LogP contribution in [0, 0.1) is 15.9 Å². The minimum atomic E-state index is -0.996. The summed E-state index contributed by atoms with van der Waals surface area (Å²) in [7, 11) is 0. The molecule has 1 aromatic rings. The van der Waals surface area contributed by atoms with Gasteiger partial charge >= 0.3 is 5.69 Å². The molecule has 1 rings (SSSR count). The molecule has 0 aliphatic heterocycles. The number of nitro benzene ring substituents is 1. The number of nitrogens with one attached hydrogen (secondary N) is 1. The third kappa shape index (κ3) is 6.12. The quantitative estimate of drug-likeness (QED) is 0.431. The zero-order chi connectivity index (χ0) is 15.7. The lowest BCUT2D eigenvalue weighted by Crippen LogP contribution is -2.24. The second-order valence-electron chi connectivity index (χ2n) is 4.59. The second-order valence-corrected chi connectivity index (χ2v) is 5.57. The van der Waals surface area contributed by atoms with Crippen LogP contribution in [0.5, 0.6) is 0 Å². The summed E-state index contributed by atoms with van der Waals surface area (Å²) in [4.78, 5) is 21.4. The average molecular weight is 314 g/mol. The van der Waals surface area contributed by atoms with Crippen LogP contribution in [-0.2, 0) is 0 Å². The van der Waals surface area contributed by atoms with Crippen LogP contribution in [0.3, 0.4) is 0 Å². The van der Waals surface area contributed by atoms with Gasteiger partial charge in [-0.2, -0.15) is 16.2 Å². The van der Waals surface area contributed by atoms with Crippen molar-refractivity contribution in [3.63, 3.8) is 0 Å². The molecule has 1 amide bonds. The molecule has 0 saturated carbocycles. The van der Waals surface area contributed by atoms with Crippen molar-refractivity contribution in [1.82, 2.24) is 5.32 Å². The van der Waals surface area contributed by atoms with Gasteiger partial charge in [0.1, 0.15) is 0 Å². The molecule has 0 unspecified atom stereocenters. The van der Waals surface area contributed by atoms with E-state index in [1.807, 2.05) is 11.8 Å². The molecule has 0 fully saturated rings. The van der Waals surface area contributed by atoms with Crippen molar-refractivity contribution in [3.8, 4) is 0 Å². The lowest BCUT2D eigenvalue weighted by atomic mass is 10.1. The number of hydrogen-bond donors (Lipinski definition) is 1. The number of unbranched alkanes of at least 4 members (excludes halogenated alkanes) is 3. The third-order valence-electron chi connectivity index (χ3n) is 2.97. The van der Waals surface area contributed by atoms with E-state index in [0.29, 0.717) is 6.54 Å². The smallest absolute Gasteiger partial charge is 0.304 e. The molecule has 7 heteroatoms. The Morgan fingerprint density at radius 3 is 2.67 bits per heavy atom. The van der Waals surface area contributed by atoms with E-state index in [-0.39, 0.29) is 5.56 Å². The first-order valence-electron chi connectivity index (χ1n) is 6.77. The highest BCUT2D eigenvalue weighted by Gasteiger charge is 2.16. The molecule has 0 heterocycles. The fourth-order valence-corrected chi connectivity index (χ4v) is 2.32. The molecular formula is C14H19FN2O3S. The maximum absolute atomic E-state index is 13.4. The summed E-state index contributed by atoms with van der Waals surface area (Å²) in [6.45, 7) is 0.525. The van der Waals surface area contributed by atoms with E-state index in [0.717, 1.165) is 37.1 Å². The Hall–Kier alpha value is -1.63. The van der Waals surface area contributed by atoms with Crippen molar-refractivity contribution in [1.29, 1.82) is 0 Å². The monoisotopic (exact) mass is 314 g/mol. The van der Waals surface area contributed by atoms with Crippen LogP contribution in [0.4, 0.5) is 10.1 Å². The number of thioether (sulfide) groups is 1. The fraction of sp³-hybridized carbons (Fsp3) is 0.500. The third-order valence-corrected chi connectivity index (χ3v) is 3.66. The number of benzene rings is 1. The molecule has 1 N–H and O–H groups in total. The number of nitrogens with zero attached hydrogens (tertiary/aromatic N) is 1. The molecule has 0 radical (unpaired) electrons. The fourth-order valence-electron chi connectivity index (χ4n) is 1.83. The molecule has 0 bridgehead atoms. The van der Waals surface area contributed by atoms with Crippen molar-refractivity contribution in [2.45, 2.75) is 25.7 Å². The van der Waals surface area contributed by atoms with E-state index in [1.54, 1.807) is 0 Å². The van der Waals surface area contributed by atoms with E-state index in [4.69, 9.17) is 0 Å². The van der Waals surface area contributed by atoms with E-state index in [2.05, 4.69) is 11.6 Å². The van der Waals surface area contributed by atoms with Crippen LogP contribution in [0.1, 0.15) is 36.0 Å². The summed E-state index contributed by atoms with van der Waals surface area (Å²) in [5.74, 6) is -0.258. The molecular weight excluding hydrogens is 295 g/mol. The first kappa shape index (κ1) is 17.4. The summed E-state index contributed by atoms with van der Waals surface area (Å²) in [6.07, 6.45) is 6.28. The first-order chi connectivity index (χ1) is 10.1. The summed E-state index contributed by atoms with van der Waals surface area (Å²) in [5.41, 5.74) is -0.527. The molecule has 0 saturated heterocycles. The van der Waals surface area contributed by atoms with Crippen molar-refractivity contribution >= 4 is 23.4 Å². The Morgan fingerprint density at radius 2 is 2.05 bits per heavy atom. The SMILES string of the molecule is CSCCCCCCNC(=O)c1ccc([N+](=O)[O-])c(F)c1. The molecule has 0 atom stereocenters. The molecule has 0 spiro atoms. The predicted molar refractivity (Wildman–Crippen MR) is 82.2 cm³/mol. The maximum atomic E-state index is 13.4. The van der Waals surface area contributed by atoms with Crippen LogP contribution in [-0.4, -0.2) is 29.4 Å². The largest absolute Gasteiger partial charge is 0.352 e. The van der Waals surface area contributed by atoms with Gasteiger partial charge in [0.15, 0.2) is 0 Å². The van der Waals surface area contributed by atoms with Gasteiger partial charge < -0.3 is 5.32 Å². The Labute approximate surface area is 127 Å². The second kappa shape index (κ2) is 9.33. The minimum Gasteiger partial charge on any atom is -0.352 e. The highest BCUT2D eigenvalue weighted by Crippen LogP contribution is 2.17. The maximum Gasteiger partial charge on any atom is 0.304 e. The van der Waals surface area contributed by atoms with Crippen LogP contribution in [0.2, 0.25) is 0 Å². The van der Waals surface area contributed by atoms with Gasteiger partial charge in [-0.05, 0) is 37.0 Å². The molecule has 1 aromatic carbocycles. The van der Waals surface area contributed by atoms with Gasteiger partial charge in [0.2, 0.25) is 5.82 Å². The van der Waals surface area contributed by atoms with Gasteiger partial charge in [0.25, 0.3) is 5.91 Å². The lowest BCUT2D eigenvalue weighted by Gasteiger charge is -2.05. The Morgan fingerprint density at radius 1 is 1.33 bits per heavy atom. The Bertz CT molecular complexity index is 497. The number of rotatable bonds is 9. The average Bonchev–Trinajstić information content (AvgIpc) is 2.45. The Balaban J connectivity index is 2.35. The van der Waals surface area contributed by atoms with Gasteiger partial charge in [0, 0.05) is 18.2 Å². The van der Waals surface area contributed by atoms with E-state index in [1.165, 1.54) is 12.5 Å². The van der Waals surface area contributed by atoms with Gasteiger partial charge in [-0.25, -0.2) is 0 Å². The lowest BCUT2D eigenvalue weighted by molar-refractivity contribution is -0.387. The molecule has 21 heavy (non-hydrogen) atoms. The number of nitro groups is 1. The van der Waals surface area contributed by atoms with Crippen LogP contribution >= 0.6 is 11.8 Å². The van der Waals surface area contributed by atoms with Gasteiger partial charge in [-0.3, -0.25) is 14.9 Å².